The van der Waals surface area contributed by atoms with Crippen LogP contribution in [-0.2, 0) is 9.59 Å². The Kier molecular flexibility index (Phi) is 4.31. The van der Waals surface area contributed by atoms with Gasteiger partial charge in [0.05, 0.1) is 9.85 Å². The van der Waals surface area contributed by atoms with E-state index in [2.05, 4.69) is 10.6 Å². The van der Waals surface area contributed by atoms with Crippen molar-refractivity contribution in [3.05, 3.63) is 32.4 Å². The normalized spacial score (nSPS) is 9.70. The van der Waals surface area contributed by atoms with Gasteiger partial charge in [-0.3, -0.25) is 29.8 Å². The van der Waals surface area contributed by atoms with Crippen molar-refractivity contribution in [2.24, 2.45) is 0 Å². The van der Waals surface area contributed by atoms with Crippen LogP contribution in [0.4, 0.5) is 22.7 Å². The fourth-order valence-corrected chi connectivity index (χ4v) is 1.53. The Hall–Kier alpha value is -3.04. The summed E-state index contributed by atoms with van der Waals surface area (Å²) in [7, 11) is 0. The first kappa shape index (κ1) is 15.0. The monoisotopic (exact) mass is 282 g/mol. The number of hydrogen-bond donors (Lipinski definition) is 2. The summed E-state index contributed by atoms with van der Waals surface area (Å²) in [6.45, 7) is 2.22. The van der Waals surface area contributed by atoms with Crippen LogP contribution >= 0.6 is 0 Å². The molecule has 0 saturated heterocycles. The quantitative estimate of drug-likeness (QED) is 0.631. The number of carbonyl (C=O) groups excluding carboxylic acids is 2. The van der Waals surface area contributed by atoms with E-state index in [4.69, 9.17) is 0 Å². The summed E-state index contributed by atoms with van der Waals surface area (Å²) >= 11 is 0. The number of nitrogens with one attached hydrogen (secondary N) is 2. The van der Waals surface area contributed by atoms with Crippen LogP contribution in [0.15, 0.2) is 12.1 Å². The number of benzene rings is 1. The van der Waals surface area contributed by atoms with Gasteiger partial charge in [-0.15, -0.1) is 0 Å². The standard InChI is InChI=1S/C10H10N4O6/c1-5(15)11-7-3-4-8(12-6(2)16)10(14(19)20)9(7)13(17)18/h3-4H,1-2H3,(H,11,15)(H,12,16). The summed E-state index contributed by atoms with van der Waals surface area (Å²) in [5.74, 6) is -1.23. The molecule has 0 aliphatic heterocycles. The lowest BCUT2D eigenvalue weighted by Gasteiger charge is -2.08. The maximum atomic E-state index is 11.0. The second-order valence-electron chi connectivity index (χ2n) is 3.73. The molecule has 0 radical (unpaired) electrons. The molecule has 10 nitrogen and oxygen atoms in total. The number of nitrogens with zero attached hydrogens (tertiary/aromatic N) is 2. The van der Waals surface area contributed by atoms with Gasteiger partial charge < -0.3 is 10.6 Å². The first-order valence-electron chi connectivity index (χ1n) is 5.25. The molecule has 0 unspecified atom stereocenters. The van der Waals surface area contributed by atoms with Gasteiger partial charge >= 0.3 is 11.4 Å². The van der Waals surface area contributed by atoms with Crippen LogP contribution in [0.2, 0.25) is 0 Å². The maximum absolute atomic E-state index is 11.0. The predicted octanol–water partition coefficient (Wildman–Crippen LogP) is 1.42. The number of nitro groups is 2. The Morgan fingerprint density at radius 3 is 1.40 bits per heavy atom. The lowest BCUT2D eigenvalue weighted by molar-refractivity contribution is -0.421. The van der Waals surface area contributed by atoms with Gasteiger partial charge in [0, 0.05) is 13.8 Å². The van der Waals surface area contributed by atoms with Crippen molar-refractivity contribution >= 4 is 34.6 Å². The predicted molar refractivity (Wildman–Crippen MR) is 68.4 cm³/mol. The highest BCUT2D eigenvalue weighted by atomic mass is 16.6. The smallest absolute Gasteiger partial charge is 0.320 e. The topological polar surface area (TPSA) is 144 Å². The SMILES string of the molecule is CC(=O)Nc1ccc(NC(C)=O)c([N+](=O)[O-])c1[N+](=O)[O-]. The van der Waals surface area contributed by atoms with E-state index >= 15 is 0 Å². The van der Waals surface area contributed by atoms with E-state index in [9.17, 15) is 29.8 Å². The minimum absolute atomic E-state index is 0.316. The number of carbonyl (C=O) groups is 2. The fourth-order valence-electron chi connectivity index (χ4n) is 1.53. The molecule has 106 valence electrons. The van der Waals surface area contributed by atoms with E-state index in [-0.39, 0.29) is 11.4 Å². The van der Waals surface area contributed by atoms with Crippen molar-refractivity contribution in [1.82, 2.24) is 0 Å². The lowest BCUT2D eigenvalue weighted by atomic mass is 10.2. The molecule has 0 heterocycles. The van der Waals surface area contributed by atoms with Crippen molar-refractivity contribution in [3.63, 3.8) is 0 Å². The van der Waals surface area contributed by atoms with Crippen molar-refractivity contribution in [2.75, 3.05) is 10.6 Å². The lowest BCUT2D eigenvalue weighted by Crippen LogP contribution is -2.12. The molecule has 0 bridgehead atoms. The molecule has 1 rings (SSSR count). The van der Waals surface area contributed by atoms with E-state index in [0.717, 1.165) is 26.0 Å². The second-order valence-corrected chi connectivity index (χ2v) is 3.73. The Labute approximate surface area is 112 Å². The van der Waals surface area contributed by atoms with Crippen molar-refractivity contribution in [2.45, 2.75) is 13.8 Å². The Bertz CT molecular complexity index is 559. The Balaban J connectivity index is 3.57. The van der Waals surface area contributed by atoms with Crippen LogP contribution in [0.3, 0.4) is 0 Å². The first-order chi connectivity index (χ1) is 9.23. The third kappa shape index (κ3) is 3.25. The Morgan fingerprint density at radius 1 is 0.900 bits per heavy atom. The Morgan fingerprint density at radius 2 is 1.20 bits per heavy atom. The van der Waals surface area contributed by atoms with Gasteiger partial charge in [-0.25, -0.2) is 0 Å². The van der Waals surface area contributed by atoms with Gasteiger partial charge in [0.15, 0.2) is 0 Å². The van der Waals surface area contributed by atoms with Crippen molar-refractivity contribution in [3.8, 4) is 0 Å². The highest BCUT2D eigenvalue weighted by Crippen LogP contribution is 2.40. The van der Waals surface area contributed by atoms with Gasteiger partial charge in [-0.05, 0) is 12.1 Å². The summed E-state index contributed by atoms with van der Waals surface area (Å²) in [5, 5.41) is 26.3. The van der Waals surface area contributed by atoms with Crippen molar-refractivity contribution in [1.29, 1.82) is 0 Å². The number of hydrogen-bond acceptors (Lipinski definition) is 6. The minimum atomic E-state index is -0.991. The van der Waals surface area contributed by atoms with Crippen LogP contribution in [0.5, 0.6) is 0 Å². The average Bonchev–Trinajstić information content (AvgIpc) is 2.28. The largest absolute Gasteiger partial charge is 0.371 e. The molecule has 0 atom stereocenters. The molecule has 10 heteroatoms. The summed E-state index contributed by atoms with van der Waals surface area (Å²) in [6, 6.07) is 2.22. The number of amides is 2. The molecular formula is C10H10N4O6. The third-order valence-corrected chi connectivity index (χ3v) is 2.14. The molecule has 0 aliphatic carbocycles. The maximum Gasteiger partial charge on any atom is 0.371 e. The van der Waals surface area contributed by atoms with E-state index in [1.54, 1.807) is 0 Å². The third-order valence-electron chi connectivity index (χ3n) is 2.14. The van der Waals surface area contributed by atoms with Crippen LogP contribution in [0.1, 0.15) is 13.8 Å². The molecule has 2 amide bonds. The average molecular weight is 282 g/mol. The molecular weight excluding hydrogens is 272 g/mol. The highest BCUT2D eigenvalue weighted by Gasteiger charge is 2.33. The molecule has 1 aromatic rings. The minimum Gasteiger partial charge on any atom is -0.320 e. The molecule has 0 spiro atoms. The van der Waals surface area contributed by atoms with E-state index in [1.807, 2.05) is 0 Å². The summed E-state index contributed by atoms with van der Waals surface area (Å²) in [6.07, 6.45) is 0. The first-order valence-corrected chi connectivity index (χ1v) is 5.25. The van der Waals surface area contributed by atoms with Gasteiger partial charge in [0.1, 0.15) is 11.4 Å². The second kappa shape index (κ2) is 5.73. The summed E-state index contributed by atoms with van der Waals surface area (Å²) in [5.41, 5.74) is -2.42. The zero-order valence-electron chi connectivity index (χ0n) is 10.5. The summed E-state index contributed by atoms with van der Waals surface area (Å²) < 4.78 is 0. The number of nitro benzene ring substituents is 2. The van der Waals surface area contributed by atoms with Crippen LogP contribution in [-0.4, -0.2) is 21.7 Å². The molecule has 0 saturated carbocycles. The zero-order valence-corrected chi connectivity index (χ0v) is 10.5. The van der Waals surface area contributed by atoms with Gasteiger partial charge in [0.2, 0.25) is 11.8 Å². The molecule has 0 aliphatic rings. The zero-order chi connectivity index (χ0) is 15.4. The molecule has 1 aromatic carbocycles. The van der Waals surface area contributed by atoms with E-state index < -0.39 is 33.0 Å². The fraction of sp³-hybridized carbons (Fsp3) is 0.200. The van der Waals surface area contributed by atoms with Crippen molar-refractivity contribution < 1.29 is 19.4 Å². The van der Waals surface area contributed by atoms with E-state index in [0.29, 0.717) is 0 Å². The molecule has 20 heavy (non-hydrogen) atoms. The highest BCUT2D eigenvalue weighted by molar-refractivity contribution is 5.98. The van der Waals surface area contributed by atoms with Crippen LogP contribution < -0.4 is 10.6 Å². The van der Waals surface area contributed by atoms with E-state index in [1.165, 1.54) is 0 Å². The molecule has 0 fully saturated rings. The molecule has 0 aromatic heterocycles. The molecule has 2 N–H and O–H groups in total. The van der Waals surface area contributed by atoms with Gasteiger partial charge in [-0.2, -0.15) is 0 Å². The van der Waals surface area contributed by atoms with Gasteiger partial charge in [0.25, 0.3) is 0 Å². The van der Waals surface area contributed by atoms with Crippen LogP contribution in [0, 0.1) is 20.2 Å². The number of rotatable bonds is 4. The van der Waals surface area contributed by atoms with Gasteiger partial charge in [-0.1, -0.05) is 0 Å². The summed E-state index contributed by atoms with van der Waals surface area (Å²) in [4.78, 5) is 41.9. The van der Waals surface area contributed by atoms with Crippen LogP contribution in [0.25, 0.3) is 0 Å². The number of anilines is 2.